The van der Waals surface area contributed by atoms with Crippen LogP contribution in [0.2, 0.25) is 0 Å². The Balaban J connectivity index is 0.000000180. The zero-order valence-corrected chi connectivity index (χ0v) is 39.4. The number of aromatic nitrogens is 3. The van der Waals surface area contributed by atoms with Crippen molar-refractivity contribution in [2.24, 2.45) is 0 Å². The van der Waals surface area contributed by atoms with E-state index in [9.17, 15) is 0 Å². The number of nitrogens with zero attached hydrogens (tertiary/aromatic N) is 5. The first-order valence-electron chi connectivity index (χ1n) is 26.0. The van der Waals surface area contributed by atoms with Gasteiger partial charge in [-0.1, -0.05) is 161 Å². The van der Waals surface area contributed by atoms with Gasteiger partial charge in [0.2, 0.25) is 0 Å². The van der Waals surface area contributed by atoms with Gasteiger partial charge in [-0.25, -0.2) is 4.98 Å². The molecule has 2 aliphatic heterocycles. The number of para-hydroxylation sites is 2. The van der Waals surface area contributed by atoms with Gasteiger partial charge in [0.15, 0.2) is 0 Å². The number of rotatable bonds is 4. The number of hydrogen-bond donors (Lipinski definition) is 0. The molecule has 3 aromatic heterocycles. The number of hydrogen-bond acceptors (Lipinski definition) is 4. The fourth-order valence-corrected chi connectivity index (χ4v) is 9.67. The summed E-state index contributed by atoms with van der Waals surface area (Å²) in [5.74, 6) is 0.942. The Kier molecular flexibility index (Phi) is 8.32. The van der Waals surface area contributed by atoms with E-state index in [4.69, 9.17) is 22.3 Å². The topological polar surface area (TPSA) is 36.7 Å². The molecule has 64 heavy (non-hydrogen) atoms. The first-order chi connectivity index (χ1) is 33.9. The summed E-state index contributed by atoms with van der Waals surface area (Å²) in [5.41, 5.74) is 6.79. The molecule has 2 aliphatic rings. The summed E-state index contributed by atoms with van der Waals surface area (Å²) in [6.07, 6.45) is 1.94. The first kappa shape index (κ1) is 33.5. The van der Waals surface area contributed by atoms with Crippen molar-refractivity contribution in [3.63, 3.8) is 0 Å². The van der Waals surface area contributed by atoms with Gasteiger partial charge in [0.25, 0.3) is 0 Å². The molecular formula is C57H54BIrN5-2. The maximum atomic E-state index is 8.82. The normalized spacial score (nSPS) is 17.4. The largest absolute Gasteiger partial charge is 0.415 e. The maximum Gasteiger partial charge on any atom is 0.409 e. The van der Waals surface area contributed by atoms with Gasteiger partial charge in [-0.05, 0) is 72.4 Å². The van der Waals surface area contributed by atoms with E-state index in [2.05, 4.69) is 129 Å². The van der Waals surface area contributed by atoms with Crippen LogP contribution in [0.15, 0.2) is 146 Å². The molecule has 5 heterocycles. The molecule has 0 fully saturated rings. The zero-order chi connectivity index (χ0) is 51.5. The number of benzene rings is 6. The molecule has 0 saturated heterocycles. The molecule has 5 nitrogen and oxygen atoms in total. The predicted molar refractivity (Wildman–Crippen MR) is 266 cm³/mol. The van der Waals surface area contributed by atoms with Crippen LogP contribution in [0.3, 0.4) is 0 Å². The molecule has 0 amide bonds. The molecular weight excluding hydrogens is 958 g/mol. The fourth-order valence-electron chi connectivity index (χ4n) is 9.67. The molecule has 0 unspecified atom stereocenters. The van der Waals surface area contributed by atoms with E-state index in [0.717, 1.165) is 22.9 Å². The Morgan fingerprint density at radius 2 is 1.42 bits per heavy atom. The number of imidazole rings is 1. The molecule has 1 radical (unpaired) electrons. The van der Waals surface area contributed by atoms with E-state index in [1.54, 1.807) is 66.8 Å². The van der Waals surface area contributed by atoms with Crippen molar-refractivity contribution in [2.75, 3.05) is 9.62 Å². The van der Waals surface area contributed by atoms with Gasteiger partial charge in [-0.3, -0.25) is 4.98 Å². The van der Waals surface area contributed by atoms with Gasteiger partial charge in [0.1, 0.15) is 5.82 Å². The molecule has 321 valence electrons. The minimum Gasteiger partial charge on any atom is -0.415 e. The summed E-state index contributed by atoms with van der Waals surface area (Å²) in [6.45, 7) is 5.87. The summed E-state index contributed by atoms with van der Waals surface area (Å²) in [4.78, 5) is 14.6. The molecule has 7 heteroatoms. The van der Waals surface area contributed by atoms with Crippen LogP contribution >= 0.6 is 0 Å². The summed E-state index contributed by atoms with van der Waals surface area (Å²) in [5, 5.41) is 1.51. The molecule has 9 aromatic rings. The van der Waals surface area contributed by atoms with Crippen LogP contribution in [0.4, 0.5) is 22.9 Å². The molecule has 0 N–H and O–H groups in total. The summed E-state index contributed by atoms with van der Waals surface area (Å²) < 4.78 is 79.5. The third-order valence-corrected chi connectivity index (χ3v) is 13.1. The van der Waals surface area contributed by atoms with Crippen LogP contribution in [0.1, 0.15) is 94.2 Å². The summed E-state index contributed by atoms with van der Waals surface area (Å²) in [6, 6.07) is 51.7. The molecule has 0 saturated carbocycles. The molecule has 6 aromatic carbocycles. The Hall–Kier alpha value is -6.01. The van der Waals surface area contributed by atoms with Crippen molar-refractivity contribution >= 4 is 62.6 Å². The molecule has 11 rings (SSSR count). The van der Waals surface area contributed by atoms with E-state index in [1.807, 2.05) is 18.3 Å². The van der Waals surface area contributed by atoms with Gasteiger partial charge in [-0.2, -0.15) is 18.2 Å². The van der Waals surface area contributed by atoms with Crippen LogP contribution in [-0.4, -0.2) is 21.4 Å². The van der Waals surface area contributed by atoms with Crippen molar-refractivity contribution in [3.8, 4) is 11.3 Å². The predicted octanol–water partition coefficient (Wildman–Crippen LogP) is 13.5. The van der Waals surface area contributed by atoms with Gasteiger partial charge in [0.05, 0.1) is 11.3 Å². The second kappa shape index (κ2) is 15.9. The average Bonchev–Trinajstić information content (AvgIpc) is 3.88. The molecule has 0 spiro atoms. The van der Waals surface area contributed by atoms with Crippen LogP contribution in [0.25, 0.3) is 38.6 Å². The number of fused-ring (bicyclic) bond motifs is 4. The monoisotopic (exact) mass is 1020 g/mol. The number of aryl methyl sites for hydroxylation is 3. The zero-order valence-electron chi connectivity index (χ0n) is 46.0. The van der Waals surface area contributed by atoms with Crippen LogP contribution in [0.5, 0.6) is 0 Å². The Morgan fingerprint density at radius 3 is 2.12 bits per heavy atom. The van der Waals surface area contributed by atoms with Gasteiger partial charge in [0, 0.05) is 71.9 Å². The van der Waals surface area contributed by atoms with E-state index in [1.165, 1.54) is 28.2 Å². The second-order valence-electron chi connectivity index (χ2n) is 18.4. The Morgan fingerprint density at radius 1 is 0.719 bits per heavy atom. The second-order valence-corrected chi connectivity index (χ2v) is 18.4. The number of anilines is 4. The average molecular weight is 1020 g/mol. The standard InChI is InChI=1S/C29H29BN3.C28H25N2.Ir/c1-21-12-11-13-22(2)28(21)30-32(24-14-7-6-8-15-24)25-16-9-10-17-26(25)33(30)27-20-23(18-19-31-27)29(3,4)5;1-17-15-16-21-24-22(17)19-13-9-10-14-20(19)26-29-23(18-11-7-6-8-12-18)25(30(24)26)28(4,5)27(21,2)3;/h6-16,18-20H,1-5H3;6-13,15-16H,1-5H3;/q2*-1;/i;1D3,4D3,5D3;. The van der Waals surface area contributed by atoms with E-state index in [-0.39, 0.29) is 49.5 Å². The maximum absolute atomic E-state index is 8.82. The minimum absolute atomic E-state index is 0. The van der Waals surface area contributed by atoms with Crippen LogP contribution in [-0.2, 0) is 36.4 Å². The summed E-state index contributed by atoms with van der Waals surface area (Å²) >= 11 is 0. The van der Waals surface area contributed by atoms with E-state index in [0.29, 0.717) is 38.4 Å². The minimum atomic E-state index is -3.00. The Labute approximate surface area is 405 Å². The smallest absolute Gasteiger partial charge is 0.409 e. The molecule has 0 bridgehead atoms. The van der Waals surface area contributed by atoms with E-state index >= 15 is 0 Å². The molecule has 0 aliphatic carbocycles. The SMILES string of the molecule is Cc1cccc(C)c1B1N(c2cc(C(C)(C)C)ccn2)c2[c-]cccc2N1c1ccccc1.[2H]C([2H])([2H])c1ccc2c3c1c1ccc[c-]c1c1nc(-c4ccccc4)c(n13)C(C([2H])([2H])[2H])(C([2H])([2H])[2H])C2(C)C.[Ir]. The number of pyridine rings is 2. The van der Waals surface area contributed by atoms with Crippen molar-refractivity contribution in [2.45, 2.75) is 85.3 Å². The van der Waals surface area contributed by atoms with Gasteiger partial charge in [-0.15, -0.1) is 35.7 Å². The van der Waals surface area contributed by atoms with Crippen molar-refractivity contribution in [1.82, 2.24) is 14.4 Å². The first-order valence-corrected chi connectivity index (χ1v) is 21.5. The molecule has 0 atom stereocenters. The quantitative estimate of drug-likeness (QED) is 0.1000. The Bertz CT molecular complexity index is 3530. The van der Waals surface area contributed by atoms with Crippen LogP contribution < -0.4 is 15.1 Å². The van der Waals surface area contributed by atoms with Crippen molar-refractivity contribution < 1.29 is 32.4 Å². The van der Waals surface area contributed by atoms with Crippen LogP contribution in [0, 0.1) is 32.8 Å². The summed E-state index contributed by atoms with van der Waals surface area (Å²) in [7, 11) is 0. The van der Waals surface area contributed by atoms with Crippen molar-refractivity contribution in [1.29, 1.82) is 0 Å². The van der Waals surface area contributed by atoms with Gasteiger partial charge < -0.3 is 14.0 Å². The van der Waals surface area contributed by atoms with E-state index < -0.39 is 31.4 Å². The third-order valence-electron chi connectivity index (χ3n) is 13.1. The van der Waals surface area contributed by atoms with Crippen molar-refractivity contribution in [3.05, 3.63) is 191 Å². The fraction of sp³-hybridized carbons (Fsp3) is 0.228. The van der Waals surface area contributed by atoms with Gasteiger partial charge >= 0.3 is 6.98 Å². The third kappa shape index (κ3) is 6.62.